The Balaban J connectivity index is 1.52. The van der Waals surface area contributed by atoms with Crippen molar-refractivity contribution in [3.63, 3.8) is 0 Å². The molecular formula is C21H27F2N7O3. The lowest BCUT2D eigenvalue weighted by atomic mass is 9.92. The number of carbonyl (C=O) groups excluding carboxylic acids is 1. The summed E-state index contributed by atoms with van der Waals surface area (Å²) in [7, 11) is 4.66. The van der Waals surface area contributed by atoms with Crippen LogP contribution in [0.3, 0.4) is 0 Å². The zero-order valence-corrected chi connectivity index (χ0v) is 18.6. The van der Waals surface area contributed by atoms with E-state index >= 15 is 0 Å². The van der Waals surface area contributed by atoms with Gasteiger partial charge >= 0.3 is 6.09 Å². The van der Waals surface area contributed by atoms with Crippen LogP contribution in [0.25, 0.3) is 0 Å². The smallest absolute Gasteiger partial charge is 0.407 e. The number of hydrogen-bond donors (Lipinski definition) is 3. The summed E-state index contributed by atoms with van der Waals surface area (Å²) in [6.07, 6.45) is -1.09. The van der Waals surface area contributed by atoms with E-state index in [4.69, 9.17) is 20.7 Å². The molecule has 1 amide bonds. The zero-order chi connectivity index (χ0) is 23.9. The highest BCUT2D eigenvalue weighted by molar-refractivity contribution is 5.92. The Morgan fingerprint density at radius 2 is 2.15 bits per heavy atom. The molecule has 2 aromatic rings. The first-order valence-electron chi connectivity index (χ1n) is 10.5. The number of imidazole rings is 1. The summed E-state index contributed by atoms with van der Waals surface area (Å²) in [4.78, 5) is 18.7. The molecule has 0 aliphatic carbocycles. The Morgan fingerprint density at radius 1 is 1.39 bits per heavy atom. The van der Waals surface area contributed by atoms with Gasteiger partial charge in [0, 0.05) is 38.8 Å². The summed E-state index contributed by atoms with van der Waals surface area (Å²) in [5.41, 5.74) is 1.86. The topological polar surface area (TPSA) is 122 Å². The van der Waals surface area contributed by atoms with Crippen LogP contribution in [0.15, 0.2) is 18.2 Å². The van der Waals surface area contributed by atoms with Crippen molar-refractivity contribution in [1.29, 1.82) is 5.41 Å². The van der Waals surface area contributed by atoms with Crippen molar-refractivity contribution in [1.82, 2.24) is 24.8 Å². The van der Waals surface area contributed by atoms with Crippen molar-refractivity contribution < 1.29 is 23.0 Å². The molecule has 1 fully saturated rings. The maximum atomic E-state index is 14.4. The maximum absolute atomic E-state index is 14.4. The van der Waals surface area contributed by atoms with Gasteiger partial charge in [-0.15, -0.1) is 0 Å². The third-order valence-corrected chi connectivity index (χ3v) is 6.20. The third kappa shape index (κ3) is 4.41. The van der Waals surface area contributed by atoms with Crippen LogP contribution in [0, 0.1) is 17.0 Å². The second-order valence-corrected chi connectivity index (χ2v) is 8.30. The van der Waals surface area contributed by atoms with Crippen LogP contribution in [0.5, 0.6) is 0 Å². The Kier molecular flexibility index (Phi) is 6.32. The molecule has 3 heterocycles. The number of carbonyl (C=O) groups is 1. The van der Waals surface area contributed by atoms with Crippen molar-refractivity contribution in [2.24, 2.45) is 12.9 Å². The van der Waals surface area contributed by atoms with Crippen LogP contribution in [0.1, 0.15) is 35.3 Å². The number of ether oxygens (including phenoxy) is 2. The van der Waals surface area contributed by atoms with Gasteiger partial charge in [0.25, 0.3) is 0 Å². The van der Waals surface area contributed by atoms with Gasteiger partial charge in [-0.3, -0.25) is 15.3 Å². The van der Waals surface area contributed by atoms with E-state index in [1.807, 2.05) is 11.6 Å². The number of hydrogen-bond acceptors (Lipinski definition) is 7. The first kappa shape index (κ1) is 23.1. The summed E-state index contributed by atoms with van der Waals surface area (Å²) in [6.45, 7) is 1.36. The highest BCUT2D eigenvalue weighted by Crippen LogP contribution is 2.35. The SMILES string of the molecule is COC(=O)NC1CC(N2Cc3nc(C(=N)N(C)N)n(C)c3C2)CO[C@@H]1c1cc(F)ccc1F. The van der Waals surface area contributed by atoms with Crippen molar-refractivity contribution in [2.75, 3.05) is 20.8 Å². The molecule has 2 aliphatic heterocycles. The number of nitrogens with two attached hydrogens (primary N) is 1. The Hall–Kier alpha value is -3.09. The summed E-state index contributed by atoms with van der Waals surface area (Å²) >= 11 is 0. The fourth-order valence-corrected chi connectivity index (χ4v) is 4.44. The standard InChI is InChI=1S/C21H27F2N7O3/c1-28-17-9-30(8-16(17)26-20(28)19(24)29(2)25)12-7-15(27-21(31)32-3)18(33-10-12)13-6-11(22)4-5-14(13)23/h4-6,12,15,18,24H,7-10,25H2,1-3H3,(H,27,31)/t12?,15?,18-/m1/s1. The number of amidine groups is 1. The summed E-state index contributed by atoms with van der Waals surface area (Å²) in [6, 6.07) is 2.45. The molecule has 0 saturated carbocycles. The highest BCUT2D eigenvalue weighted by Gasteiger charge is 2.40. The van der Waals surface area contributed by atoms with Crippen LogP contribution in [0.4, 0.5) is 13.6 Å². The van der Waals surface area contributed by atoms with Crippen molar-refractivity contribution in [3.05, 3.63) is 52.6 Å². The second kappa shape index (κ2) is 9.04. The Bertz CT molecular complexity index is 1070. The highest BCUT2D eigenvalue weighted by atomic mass is 19.1. The molecule has 0 bridgehead atoms. The first-order valence-corrected chi connectivity index (χ1v) is 10.5. The van der Waals surface area contributed by atoms with Gasteiger partial charge in [0.05, 0.1) is 31.1 Å². The van der Waals surface area contributed by atoms with Gasteiger partial charge in [0.1, 0.15) is 17.7 Å². The molecule has 4 rings (SSSR count). The average molecular weight is 463 g/mol. The molecule has 12 heteroatoms. The number of alkyl carbamates (subject to hydrolysis) is 1. The molecule has 10 nitrogen and oxygen atoms in total. The number of fused-ring (bicyclic) bond motifs is 1. The predicted octanol–water partition coefficient (Wildman–Crippen LogP) is 1.40. The largest absolute Gasteiger partial charge is 0.453 e. The molecule has 2 unspecified atom stereocenters. The van der Waals surface area contributed by atoms with Gasteiger partial charge in [-0.1, -0.05) is 0 Å². The number of hydrazine groups is 1. The molecule has 1 aromatic carbocycles. The number of rotatable bonds is 4. The predicted molar refractivity (Wildman–Crippen MR) is 114 cm³/mol. The second-order valence-electron chi connectivity index (χ2n) is 8.30. The molecule has 33 heavy (non-hydrogen) atoms. The molecule has 1 aromatic heterocycles. The monoisotopic (exact) mass is 463 g/mol. The van der Waals surface area contributed by atoms with Crippen LogP contribution in [-0.2, 0) is 29.6 Å². The minimum absolute atomic E-state index is 0.0512. The number of aromatic nitrogens is 2. The molecule has 2 aliphatic rings. The lowest BCUT2D eigenvalue weighted by molar-refractivity contribution is -0.0607. The van der Waals surface area contributed by atoms with Gasteiger partial charge < -0.3 is 19.4 Å². The fourth-order valence-electron chi connectivity index (χ4n) is 4.44. The average Bonchev–Trinajstić information content (AvgIpc) is 3.34. The quantitative estimate of drug-likeness (QED) is 0.271. The van der Waals surface area contributed by atoms with E-state index in [2.05, 4.69) is 15.2 Å². The Morgan fingerprint density at radius 3 is 2.82 bits per heavy atom. The van der Waals surface area contributed by atoms with E-state index in [1.54, 1.807) is 7.05 Å². The minimum atomic E-state index is -0.855. The third-order valence-electron chi connectivity index (χ3n) is 6.20. The lowest BCUT2D eigenvalue weighted by Crippen LogP contribution is -2.51. The van der Waals surface area contributed by atoms with Crippen molar-refractivity contribution in [2.45, 2.75) is 37.7 Å². The number of nitrogens with zero attached hydrogens (tertiary/aromatic N) is 4. The van der Waals surface area contributed by atoms with E-state index in [0.29, 0.717) is 25.3 Å². The number of nitrogens with one attached hydrogen (secondary N) is 2. The van der Waals surface area contributed by atoms with Crippen molar-refractivity contribution >= 4 is 11.9 Å². The van der Waals surface area contributed by atoms with Gasteiger partial charge in [-0.2, -0.15) is 0 Å². The van der Waals surface area contributed by atoms with E-state index in [0.717, 1.165) is 29.6 Å². The van der Waals surface area contributed by atoms with E-state index in [9.17, 15) is 13.6 Å². The van der Waals surface area contributed by atoms with Gasteiger partial charge in [-0.25, -0.2) is 24.4 Å². The molecule has 178 valence electrons. The van der Waals surface area contributed by atoms with E-state index in [-0.39, 0.29) is 24.0 Å². The molecule has 4 N–H and O–H groups in total. The van der Waals surface area contributed by atoms with Gasteiger partial charge in [-0.05, 0) is 24.6 Å². The molecular weight excluding hydrogens is 436 g/mol. The summed E-state index contributed by atoms with van der Waals surface area (Å²) in [5, 5.41) is 12.0. The van der Waals surface area contributed by atoms with Crippen LogP contribution in [0.2, 0.25) is 0 Å². The van der Waals surface area contributed by atoms with Gasteiger partial charge in [0.15, 0.2) is 11.7 Å². The minimum Gasteiger partial charge on any atom is -0.453 e. The zero-order valence-electron chi connectivity index (χ0n) is 18.6. The van der Waals surface area contributed by atoms with E-state index < -0.39 is 29.9 Å². The van der Waals surface area contributed by atoms with Gasteiger partial charge in [0.2, 0.25) is 0 Å². The molecule has 1 saturated heterocycles. The number of methoxy groups -OCH3 is 1. The van der Waals surface area contributed by atoms with Crippen LogP contribution < -0.4 is 11.2 Å². The van der Waals surface area contributed by atoms with Crippen LogP contribution >= 0.6 is 0 Å². The number of amides is 1. The molecule has 0 spiro atoms. The Labute approximate surface area is 189 Å². The summed E-state index contributed by atoms with van der Waals surface area (Å²) in [5.74, 6) is 5.09. The van der Waals surface area contributed by atoms with E-state index in [1.165, 1.54) is 12.1 Å². The van der Waals surface area contributed by atoms with Crippen molar-refractivity contribution in [3.8, 4) is 0 Å². The molecule has 0 radical (unpaired) electrons. The number of benzene rings is 1. The fraction of sp³-hybridized carbons (Fsp3) is 0.476. The lowest BCUT2D eigenvalue weighted by Gasteiger charge is -2.40. The molecule has 3 atom stereocenters. The summed E-state index contributed by atoms with van der Waals surface area (Å²) < 4.78 is 40.8. The normalized spacial score (nSPS) is 22.7. The van der Waals surface area contributed by atoms with Crippen LogP contribution in [-0.4, -0.2) is 64.2 Å². The maximum Gasteiger partial charge on any atom is 0.407 e. The number of halogens is 2. The first-order chi connectivity index (χ1) is 15.7.